The van der Waals surface area contributed by atoms with Gasteiger partial charge in [0.25, 0.3) is 0 Å². The van der Waals surface area contributed by atoms with Crippen LogP contribution in [0, 0.1) is 6.92 Å². The fourth-order valence-corrected chi connectivity index (χ4v) is 3.07. The summed E-state index contributed by atoms with van der Waals surface area (Å²) in [7, 11) is 0. The summed E-state index contributed by atoms with van der Waals surface area (Å²) < 4.78 is 0. The zero-order valence-electron chi connectivity index (χ0n) is 11.1. The maximum Gasteiger partial charge on any atom is 0.159 e. The molecule has 0 N–H and O–H groups in total. The third kappa shape index (κ3) is 2.34. The largest absolute Gasteiger partial charge is 0.351 e. The molecule has 1 fully saturated rings. The number of hydrogen-bond acceptors (Lipinski definition) is 3. The third-order valence-electron chi connectivity index (χ3n) is 3.97. The summed E-state index contributed by atoms with van der Waals surface area (Å²) in [6.07, 6.45) is 3.88. The standard InChI is InChI=1S/C15H18BrN3/c1-11-13-7-2-3-8-14(13)15(18-17-11)19(10-9-16)12-5-4-6-12/h2-3,7-8,12H,4-6,9-10H2,1H3. The van der Waals surface area contributed by atoms with Crippen molar-refractivity contribution in [2.45, 2.75) is 32.2 Å². The first-order chi connectivity index (χ1) is 9.31. The van der Waals surface area contributed by atoms with E-state index < -0.39 is 0 Å². The van der Waals surface area contributed by atoms with Gasteiger partial charge in [-0.05, 0) is 26.2 Å². The molecular weight excluding hydrogens is 302 g/mol. The van der Waals surface area contributed by atoms with Crippen molar-refractivity contribution in [3.05, 3.63) is 30.0 Å². The van der Waals surface area contributed by atoms with Gasteiger partial charge in [0, 0.05) is 28.7 Å². The lowest BCUT2D eigenvalue weighted by Crippen LogP contribution is -2.42. The van der Waals surface area contributed by atoms with Crippen LogP contribution < -0.4 is 4.90 Å². The summed E-state index contributed by atoms with van der Waals surface area (Å²) in [4.78, 5) is 2.42. The number of aryl methyl sites for hydroxylation is 1. The maximum atomic E-state index is 4.48. The van der Waals surface area contributed by atoms with E-state index in [1.54, 1.807) is 0 Å². The van der Waals surface area contributed by atoms with E-state index in [1.807, 2.05) is 6.92 Å². The highest BCUT2D eigenvalue weighted by Gasteiger charge is 2.27. The summed E-state index contributed by atoms with van der Waals surface area (Å²) >= 11 is 3.56. The van der Waals surface area contributed by atoms with E-state index in [4.69, 9.17) is 0 Å². The lowest BCUT2D eigenvalue weighted by Gasteiger charge is -2.38. The minimum absolute atomic E-state index is 0.637. The first-order valence-corrected chi connectivity index (χ1v) is 7.98. The van der Waals surface area contributed by atoms with Crippen LogP contribution in [0.25, 0.3) is 10.8 Å². The topological polar surface area (TPSA) is 29.0 Å². The maximum absolute atomic E-state index is 4.48. The predicted molar refractivity (Wildman–Crippen MR) is 83.1 cm³/mol. The van der Waals surface area contributed by atoms with Gasteiger partial charge in [0.1, 0.15) is 0 Å². The quantitative estimate of drug-likeness (QED) is 0.805. The van der Waals surface area contributed by atoms with Gasteiger partial charge in [0.2, 0.25) is 0 Å². The van der Waals surface area contributed by atoms with Crippen molar-refractivity contribution in [2.24, 2.45) is 0 Å². The molecule has 0 radical (unpaired) electrons. The SMILES string of the molecule is Cc1nnc(N(CCBr)C2CCC2)c2ccccc12. The summed E-state index contributed by atoms with van der Waals surface area (Å²) in [6.45, 7) is 3.02. The molecule has 0 aliphatic heterocycles. The summed E-state index contributed by atoms with van der Waals surface area (Å²) in [5.74, 6) is 1.05. The Morgan fingerprint density at radius 3 is 2.58 bits per heavy atom. The molecule has 1 saturated carbocycles. The van der Waals surface area contributed by atoms with Gasteiger partial charge in [0.05, 0.1) is 5.69 Å². The Morgan fingerprint density at radius 1 is 1.21 bits per heavy atom. The number of rotatable bonds is 4. The molecule has 3 nitrogen and oxygen atoms in total. The molecular formula is C15H18BrN3. The van der Waals surface area contributed by atoms with Gasteiger partial charge in [0.15, 0.2) is 5.82 Å². The van der Waals surface area contributed by atoms with Crippen LogP contribution in [-0.4, -0.2) is 28.1 Å². The number of fused-ring (bicyclic) bond motifs is 1. The van der Waals surface area contributed by atoms with Gasteiger partial charge in [-0.15, -0.1) is 5.10 Å². The van der Waals surface area contributed by atoms with Crippen LogP contribution in [0.2, 0.25) is 0 Å². The van der Waals surface area contributed by atoms with E-state index in [9.17, 15) is 0 Å². The average Bonchev–Trinajstić information content (AvgIpc) is 2.37. The molecule has 0 amide bonds. The number of anilines is 1. The number of benzene rings is 1. The Labute approximate surface area is 122 Å². The van der Waals surface area contributed by atoms with E-state index in [-0.39, 0.29) is 0 Å². The molecule has 4 heteroatoms. The van der Waals surface area contributed by atoms with Gasteiger partial charge in [-0.2, -0.15) is 5.10 Å². The average molecular weight is 320 g/mol. The zero-order valence-corrected chi connectivity index (χ0v) is 12.7. The van der Waals surface area contributed by atoms with E-state index >= 15 is 0 Å². The van der Waals surface area contributed by atoms with Crippen molar-refractivity contribution in [3.63, 3.8) is 0 Å². The van der Waals surface area contributed by atoms with Gasteiger partial charge >= 0.3 is 0 Å². The van der Waals surface area contributed by atoms with Crippen molar-refractivity contribution in [3.8, 4) is 0 Å². The Balaban J connectivity index is 2.09. The van der Waals surface area contributed by atoms with Crippen LogP contribution >= 0.6 is 15.9 Å². The van der Waals surface area contributed by atoms with Gasteiger partial charge in [-0.25, -0.2) is 0 Å². The van der Waals surface area contributed by atoms with Gasteiger partial charge in [-0.1, -0.05) is 40.2 Å². The first-order valence-electron chi connectivity index (χ1n) is 6.86. The van der Waals surface area contributed by atoms with Crippen molar-refractivity contribution >= 4 is 32.5 Å². The fourth-order valence-electron chi connectivity index (χ4n) is 2.69. The summed E-state index contributed by atoms with van der Waals surface area (Å²) in [6, 6.07) is 9.08. The van der Waals surface area contributed by atoms with E-state index in [2.05, 4.69) is 55.3 Å². The number of halogens is 1. The molecule has 0 bridgehead atoms. The highest BCUT2D eigenvalue weighted by molar-refractivity contribution is 9.09. The molecule has 1 aliphatic carbocycles. The normalized spacial score (nSPS) is 15.5. The van der Waals surface area contributed by atoms with Crippen LogP contribution in [0.3, 0.4) is 0 Å². The van der Waals surface area contributed by atoms with Crippen molar-refractivity contribution in [1.29, 1.82) is 0 Å². The Kier molecular flexibility index (Phi) is 3.69. The first kappa shape index (κ1) is 12.9. The van der Waals surface area contributed by atoms with Crippen LogP contribution in [0.4, 0.5) is 5.82 Å². The summed E-state index contributed by atoms with van der Waals surface area (Å²) in [5, 5.41) is 12.2. The second kappa shape index (κ2) is 5.45. The molecule has 1 aliphatic rings. The second-order valence-corrected chi connectivity index (χ2v) is 5.91. The van der Waals surface area contributed by atoms with Crippen LogP contribution in [0.15, 0.2) is 24.3 Å². The van der Waals surface area contributed by atoms with Crippen LogP contribution in [0.5, 0.6) is 0 Å². The molecule has 1 aromatic carbocycles. The molecule has 3 rings (SSSR count). The predicted octanol–water partition coefficient (Wildman–Crippen LogP) is 3.69. The van der Waals surface area contributed by atoms with Crippen LogP contribution in [-0.2, 0) is 0 Å². The molecule has 0 unspecified atom stereocenters. The minimum Gasteiger partial charge on any atom is -0.351 e. The molecule has 0 spiro atoms. The van der Waals surface area contributed by atoms with E-state index in [1.165, 1.54) is 30.0 Å². The van der Waals surface area contributed by atoms with Gasteiger partial charge in [-0.3, -0.25) is 0 Å². The third-order valence-corrected chi connectivity index (χ3v) is 4.32. The summed E-state index contributed by atoms with van der Waals surface area (Å²) in [5.41, 5.74) is 1.01. The molecule has 0 atom stereocenters. The number of alkyl halides is 1. The number of nitrogens with zero attached hydrogens (tertiary/aromatic N) is 3. The Bertz CT molecular complexity index is 581. The lowest BCUT2D eigenvalue weighted by atomic mass is 9.91. The number of aromatic nitrogens is 2. The second-order valence-electron chi connectivity index (χ2n) is 5.12. The van der Waals surface area contributed by atoms with Crippen molar-refractivity contribution in [1.82, 2.24) is 10.2 Å². The Morgan fingerprint density at radius 2 is 1.95 bits per heavy atom. The number of hydrogen-bond donors (Lipinski definition) is 0. The molecule has 0 saturated heterocycles. The molecule has 19 heavy (non-hydrogen) atoms. The minimum atomic E-state index is 0.637. The highest BCUT2D eigenvalue weighted by atomic mass is 79.9. The molecule has 1 heterocycles. The lowest BCUT2D eigenvalue weighted by molar-refractivity contribution is 0.389. The van der Waals surface area contributed by atoms with Crippen molar-refractivity contribution in [2.75, 3.05) is 16.8 Å². The fraction of sp³-hybridized carbons (Fsp3) is 0.467. The van der Waals surface area contributed by atoms with E-state index in [0.29, 0.717) is 6.04 Å². The molecule has 100 valence electrons. The zero-order chi connectivity index (χ0) is 13.2. The molecule has 1 aromatic heterocycles. The highest BCUT2D eigenvalue weighted by Crippen LogP contribution is 2.32. The van der Waals surface area contributed by atoms with Crippen molar-refractivity contribution < 1.29 is 0 Å². The monoisotopic (exact) mass is 319 g/mol. The Hall–Kier alpha value is -1.16. The van der Waals surface area contributed by atoms with Gasteiger partial charge < -0.3 is 4.90 Å². The van der Waals surface area contributed by atoms with E-state index in [0.717, 1.165) is 23.4 Å². The van der Waals surface area contributed by atoms with Crippen LogP contribution in [0.1, 0.15) is 25.0 Å². The molecule has 2 aromatic rings. The smallest absolute Gasteiger partial charge is 0.159 e.